The van der Waals surface area contributed by atoms with Crippen molar-refractivity contribution in [2.75, 3.05) is 51.3 Å². The van der Waals surface area contributed by atoms with Gasteiger partial charge in [-0.2, -0.15) is 0 Å². The number of piperazine rings is 1. The first-order valence-electron chi connectivity index (χ1n) is 8.21. The lowest BCUT2D eigenvalue weighted by atomic mass is 10.1. The van der Waals surface area contributed by atoms with Crippen LogP contribution >= 0.6 is 0 Å². The summed E-state index contributed by atoms with van der Waals surface area (Å²) in [7, 11) is 1.67. The fraction of sp³-hybridized carbons (Fsp3) is 0.750. The standard InChI is InChI=1S/C16H27N5O/c1-13(2)19-6-8-20(9-7-19)14-10-21(11-14)16-4-5-17-15(18-16)12-22-3/h4-5,13-14H,6-12H2,1-3H3. The molecule has 0 atom stereocenters. The highest BCUT2D eigenvalue weighted by molar-refractivity contribution is 5.41. The van der Waals surface area contributed by atoms with E-state index in [1.54, 1.807) is 7.11 Å². The Labute approximate surface area is 133 Å². The summed E-state index contributed by atoms with van der Waals surface area (Å²) in [6.45, 7) is 12.0. The molecule has 0 bridgehead atoms. The fourth-order valence-corrected chi connectivity index (χ4v) is 3.26. The third-order valence-corrected chi connectivity index (χ3v) is 4.75. The van der Waals surface area contributed by atoms with Gasteiger partial charge in [-0.3, -0.25) is 9.80 Å². The van der Waals surface area contributed by atoms with E-state index in [1.165, 1.54) is 26.2 Å². The molecule has 122 valence electrons. The summed E-state index contributed by atoms with van der Waals surface area (Å²) in [5, 5.41) is 0. The minimum Gasteiger partial charge on any atom is -0.377 e. The van der Waals surface area contributed by atoms with Gasteiger partial charge in [0.05, 0.1) is 0 Å². The molecule has 2 saturated heterocycles. The van der Waals surface area contributed by atoms with Crippen molar-refractivity contribution < 1.29 is 4.74 Å². The van der Waals surface area contributed by atoms with Crippen molar-refractivity contribution in [3.63, 3.8) is 0 Å². The van der Waals surface area contributed by atoms with E-state index >= 15 is 0 Å². The maximum Gasteiger partial charge on any atom is 0.156 e. The molecule has 2 aliphatic heterocycles. The zero-order valence-corrected chi connectivity index (χ0v) is 13.9. The number of methoxy groups -OCH3 is 1. The molecule has 0 spiro atoms. The summed E-state index contributed by atoms with van der Waals surface area (Å²) >= 11 is 0. The number of nitrogens with zero attached hydrogens (tertiary/aromatic N) is 5. The lowest BCUT2D eigenvalue weighted by molar-refractivity contribution is 0.0676. The van der Waals surface area contributed by atoms with Crippen LogP contribution in [0.5, 0.6) is 0 Å². The third kappa shape index (κ3) is 3.39. The molecule has 0 N–H and O–H groups in total. The largest absolute Gasteiger partial charge is 0.377 e. The molecule has 6 nitrogen and oxygen atoms in total. The summed E-state index contributed by atoms with van der Waals surface area (Å²) < 4.78 is 5.10. The van der Waals surface area contributed by atoms with E-state index in [4.69, 9.17) is 4.74 Å². The highest BCUT2D eigenvalue weighted by Crippen LogP contribution is 2.23. The van der Waals surface area contributed by atoms with Crippen molar-refractivity contribution in [3.8, 4) is 0 Å². The van der Waals surface area contributed by atoms with Crippen LogP contribution in [0.1, 0.15) is 19.7 Å². The molecule has 0 aromatic carbocycles. The predicted octanol–water partition coefficient (Wildman–Crippen LogP) is 0.838. The molecule has 22 heavy (non-hydrogen) atoms. The first kappa shape index (κ1) is 15.6. The van der Waals surface area contributed by atoms with E-state index < -0.39 is 0 Å². The van der Waals surface area contributed by atoms with Crippen molar-refractivity contribution in [3.05, 3.63) is 18.1 Å². The van der Waals surface area contributed by atoms with Crippen LogP contribution in [0.3, 0.4) is 0 Å². The minimum atomic E-state index is 0.474. The highest BCUT2D eigenvalue weighted by atomic mass is 16.5. The molecule has 3 rings (SSSR count). The monoisotopic (exact) mass is 305 g/mol. The van der Waals surface area contributed by atoms with Crippen LogP contribution in [0.2, 0.25) is 0 Å². The quantitative estimate of drug-likeness (QED) is 0.803. The molecule has 0 radical (unpaired) electrons. The van der Waals surface area contributed by atoms with Crippen LogP contribution in [-0.2, 0) is 11.3 Å². The second kappa shape index (κ2) is 6.89. The van der Waals surface area contributed by atoms with Gasteiger partial charge in [0.15, 0.2) is 5.82 Å². The van der Waals surface area contributed by atoms with Gasteiger partial charge in [-0.15, -0.1) is 0 Å². The summed E-state index contributed by atoms with van der Waals surface area (Å²) in [5.41, 5.74) is 0. The normalized spacial score (nSPS) is 21.4. The summed E-state index contributed by atoms with van der Waals surface area (Å²) in [4.78, 5) is 16.3. The summed E-state index contributed by atoms with van der Waals surface area (Å²) in [6.07, 6.45) is 1.82. The van der Waals surface area contributed by atoms with Gasteiger partial charge >= 0.3 is 0 Å². The zero-order valence-electron chi connectivity index (χ0n) is 13.9. The van der Waals surface area contributed by atoms with E-state index in [2.05, 4.69) is 38.5 Å². The van der Waals surface area contributed by atoms with Gasteiger partial charge in [0.1, 0.15) is 12.4 Å². The van der Waals surface area contributed by atoms with E-state index in [0.717, 1.165) is 24.7 Å². The smallest absolute Gasteiger partial charge is 0.156 e. The van der Waals surface area contributed by atoms with Crippen molar-refractivity contribution in [2.24, 2.45) is 0 Å². The lowest BCUT2D eigenvalue weighted by Gasteiger charge is -2.49. The van der Waals surface area contributed by atoms with Gasteiger partial charge in [0.2, 0.25) is 0 Å². The second-order valence-corrected chi connectivity index (χ2v) is 6.49. The van der Waals surface area contributed by atoms with Gasteiger partial charge in [0, 0.05) is 64.7 Å². The van der Waals surface area contributed by atoms with E-state index in [1.807, 2.05) is 12.3 Å². The Morgan fingerprint density at radius 2 is 1.95 bits per heavy atom. The molecule has 0 saturated carbocycles. The summed E-state index contributed by atoms with van der Waals surface area (Å²) in [5.74, 6) is 1.79. The van der Waals surface area contributed by atoms with Crippen LogP contribution < -0.4 is 4.90 Å². The minimum absolute atomic E-state index is 0.474. The van der Waals surface area contributed by atoms with E-state index in [-0.39, 0.29) is 0 Å². The third-order valence-electron chi connectivity index (χ3n) is 4.75. The maximum atomic E-state index is 5.10. The molecular weight excluding hydrogens is 278 g/mol. The molecule has 3 heterocycles. The number of aromatic nitrogens is 2. The second-order valence-electron chi connectivity index (χ2n) is 6.49. The molecular formula is C16H27N5O. The predicted molar refractivity (Wildman–Crippen MR) is 87.0 cm³/mol. The van der Waals surface area contributed by atoms with Gasteiger partial charge < -0.3 is 9.64 Å². The molecule has 1 aromatic heterocycles. The molecule has 0 aliphatic carbocycles. The van der Waals surface area contributed by atoms with Gasteiger partial charge in [-0.1, -0.05) is 0 Å². The Balaban J connectivity index is 1.49. The molecule has 0 unspecified atom stereocenters. The summed E-state index contributed by atoms with van der Waals surface area (Å²) in [6, 6.07) is 3.34. The maximum absolute atomic E-state index is 5.10. The number of rotatable bonds is 5. The van der Waals surface area contributed by atoms with Crippen LogP contribution in [-0.4, -0.2) is 78.2 Å². The first-order valence-corrected chi connectivity index (χ1v) is 8.21. The van der Waals surface area contributed by atoms with Crippen LogP contribution in [0, 0.1) is 0 Å². The SMILES string of the molecule is COCc1nccc(N2CC(N3CCN(C(C)C)CC3)C2)n1. The van der Waals surface area contributed by atoms with Crippen LogP contribution in [0.25, 0.3) is 0 Å². The number of anilines is 1. The number of ether oxygens (including phenoxy) is 1. The lowest BCUT2D eigenvalue weighted by Crippen LogP contribution is -2.63. The number of hydrogen-bond donors (Lipinski definition) is 0. The molecule has 0 amide bonds. The van der Waals surface area contributed by atoms with Gasteiger partial charge in [0.25, 0.3) is 0 Å². The van der Waals surface area contributed by atoms with Crippen molar-refractivity contribution >= 4 is 5.82 Å². The molecule has 6 heteroatoms. The first-order chi connectivity index (χ1) is 10.7. The van der Waals surface area contributed by atoms with Crippen molar-refractivity contribution in [2.45, 2.75) is 32.5 Å². The Bertz CT molecular complexity index is 481. The zero-order chi connectivity index (χ0) is 15.5. The Kier molecular flexibility index (Phi) is 4.90. The van der Waals surface area contributed by atoms with Crippen molar-refractivity contribution in [1.29, 1.82) is 0 Å². The fourth-order valence-electron chi connectivity index (χ4n) is 3.26. The van der Waals surface area contributed by atoms with Crippen LogP contribution in [0.4, 0.5) is 5.82 Å². The highest BCUT2D eigenvalue weighted by Gasteiger charge is 2.34. The van der Waals surface area contributed by atoms with Crippen LogP contribution in [0.15, 0.2) is 12.3 Å². The van der Waals surface area contributed by atoms with Crippen molar-refractivity contribution in [1.82, 2.24) is 19.8 Å². The van der Waals surface area contributed by atoms with Gasteiger partial charge in [-0.25, -0.2) is 9.97 Å². The van der Waals surface area contributed by atoms with Gasteiger partial charge in [-0.05, 0) is 19.9 Å². The average Bonchev–Trinajstić information content (AvgIpc) is 2.47. The van der Waals surface area contributed by atoms with E-state index in [9.17, 15) is 0 Å². The number of hydrogen-bond acceptors (Lipinski definition) is 6. The van der Waals surface area contributed by atoms with E-state index in [0.29, 0.717) is 18.7 Å². The molecule has 2 aliphatic rings. The molecule has 2 fully saturated rings. The molecule has 1 aromatic rings. The Morgan fingerprint density at radius 1 is 1.23 bits per heavy atom. The Morgan fingerprint density at radius 3 is 2.59 bits per heavy atom. The topological polar surface area (TPSA) is 44.7 Å². The Hall–Kier alpha value is -1.24. The average molecular weight is 305 g/mol.